The number of amides is 3. The summed E-state index contributed by atoms with van der Waals surface area (Å²) >= 11 is 0. The van der Waals surface area contributed by atoms with Crippen LogP contribution in [0.2, 0.25) is 0 Å². The third-order valence-corrected chi connectivity index (χ3v) is 7.58. The normalized spacial score (nSPS) is 29.2. The second-order valence-electron chi connectivity index (χ2n) is 9.52. The number of nitrogens with one attached hydrogen (secondary N) is 3. The number of carbonyl (C=O) groups excluding carboxylic acids is 3. The number of piperazine rings is 1. The van der Waals surface area contributed by atoms with Gasteiger partial charge in [0.2, 0.25) is 11.8 Å². The molecule has 0 aromatic heterocycles. The van der Waals surface area contributed by atoms with Gasteiger partial charge < -0.3 is 15.5 Å². The highest BCUT2D eigenvalue weighted by Gasteiger charge is 2.40. The van der Waals surface area contributed by atoms with E-state index in [1.165, 1.54) is 25.7 Å². The first-order valence-corrected chi connectivity index (χ1v) is 12.0. The van der Waals surface area contributed by atoms with Gasteiger partial charge in [0.25, 0.3) is 5.91 Å². The summed E-state index contributed by atoms with van der Waals surface area (Å²) in [6, 6.07) is 6.62. The molecule has 8 nitrogen and oxygen atoms in total. The lowest BCUT2D eigenvalue weighted by Gasteiger charge is -2.39. The van der Waals surface area contributed by atoms with Crippen molar-refractivity contribution in [1.29, 1.82) is 0 Å². The zero-order chi connectivity index (χ0) is 22.1. The van der Waals surface area contributed by atoms with Crippen LogP contribution in [0.5, 0.6) is 0 Å². The van der Waals surface area contributed by atoms with Gasteiger partial charge in [-0.1, -0.05) is 18.2 Å². The zero-order valence-corrected chi connectivity index (χ0v) is 18.6. The monoisotopic (exact) mass is 439 g/mol. The highest BCUT2D eigenvalue weighted by atomic mass is 16.2. The molecule has 1 atom stereocenters. The molecule has 1 aromatic carbocycles. The number of imide groups is 1. The maximum absolute atomic E-state index is 13.2. The fraction of sp³-hybridized carbons (Fsp3) is 0.625. The van der Waals surface area contributed by atoms with Crippen LogP contribution in [0.4, 0.5) is 0 Å². The smallest absolute Gasteiger partial charge is 0.255 e. The first-order chi connectivity index (χ1) is 15.6. The maximum atomic E-state index is 13.2. The van der Waals surface area contributed by atoms with Crippen LogP contribution < -0.4 is 16.0 Å². The van der Waals surface area contributed by atoms with E-state index in [0.29, 0.717) is 31.6 Å². The molecule has 32 heavy (non-hydrogen) atoms. The molecule has 3 aliphatic heterocycles. The molecule has 0 radical (unpaired) electrons. The minimum atomic E-state index is -0.561. The van der Waals surface area contributed by atoms with Crippen LogP contribution in [-0.2, 0) is 22.7 Å². The van der Waals surface area contributed by atoms with E-state index >= 15 is 0 Å². The van der Waals surface area contributed by atoms with Crippen molar-refractivity contribution in [3.8, 4) is 0 Å². The molecule has 1 aliphatic carbocycles. The van der Waals surface area contributed by atoms with Gasteiger partial charge in [0, 0.05) is 63.3 Å². The molecule has 3 heterocycles. The molecule has 2 saturated heterocycles. The number of nitrogens with zero attached hydrogens (tertiary/aromatic N) is 2. The Hall–Kier alpha value is -2.29. The van der Waals surface area contributed by atoms with E-state index in [9.17, 15) is 14.4 Å². The van der Waals surface area contributed by atoms with Gasteiger partial charge in [0.05, 0.1) is 0 Å². The Balaban J connectivity index is 1.19. The van der Waals surface area contributed by atoms with Crippen molar-refractivity contribution in [2.75, 3.05) is 26.2 Å². The lowest BCUT2D eigenvalue weighted by Crippen LogP contribution is -2.52. The molecule has 3 fully saturated rings. The van der Waals surface area contributed by atoms with Gasteiger partial charge in [0.1, 0.15) is 6.04 Å². The topological polar surface area (TPSA) is 93.8 Å². The maximum Gasteiger partial charge on any atom is 0.255 e. The van der Waals surface area contributed by atoms with Gasteiger partial charge in [-0.15, -0.1) is 0 Å². The van der Waals surface area contributed by atoms with Crippen LogP contribution in [0.3, 0.4) is 0 Å². The average molecular weight is 440 g/mol. The summed E-state index contributed by atoms with van der Waals surface area (Å²) in [6.07, 6.45) is 5.47. The van der Waals surface area contributed by atoms with E-state index in [-0.39, 0.29) is 24.1 Å². The number of hydrogen-bond donors (Lipinski definition) is 3. The van der Waals surface area contributed by atoms with E-state index in [2.05, 4.69) is 20.9 Å². The largest absolute Gasteiger partial charge is 0.322 e. The van der Waals surface area contributed by atoms with Gasteiger partial charge in [-0.2, -0.15) is 0 Å². The number of carbonyl (C=O) groups is 3. The second kappa shape index (κ2) is 9.29. The summed E-state index contributed by atoms with van der Waals surface area (Å²) in [5, 5.41) is 9.50. The summed E-state index contributed by atoms with van der Waals surface area (Å²) in [5.74, 6) is -0.704. The quantitative estimate of drug-likeness (QED) is 0.587. The Morgan fingerprint density at radius 2 is 1.78 bits per heavy atom. The minimum absolute atomic E-state index is 0.0886. The molecule has 172 valence electrons. The van der Waals surface area contributed by atoms with Crippen molar-refractivity contribution < 1.29 is 14.4 Å². The highest BCUT2D eigenvalue weighted by molar-refractivity contribution is 6.05. The van der Waals surface area contributed by atoms with Crippen molar-refractivity contribution in [2.24, 2.45) is 0 Å². The Bertz CT molecular complexity index is 890. The van der Waals surface area contributed by atoms with Gasteiger partial charge >= 0.3 is 0 Å². The molecular weight excluding hydrogens is 406 g/mol. The molecule has 3 N–H and O–H groups in total. The second-order valence-corrected chi connectivity index (χ2v) is 9.52. The van der Waals surface area contributed by atoms with Gasteiger partial charge in [-0.05, 0) is 43.2 Å². The number of benzene rings is 1. The first kappa shape index (κ1) is 21.6. The summed E-state index contributed by atoms with van der Waals surface area (Å²) in [7, 11) is 0. The number of hydrogen-bond acceptors (Lipinski definition) is 6. The van der Waals surface area contributed by atoms with Gasteiger partial charge in [-0.25, -0.2) is 0 Å². The molecule has 5 rings (SSSR count). The Morgan fingerprint density at radius 1 is 1.00 bits per heavy atom. The molecule has 0 bridgehead atoms. The summed E-state index contributed by atoms with van der Waals surface area (Å²) in [4.78, 5) is 41.3. The van der Waals surface area contributed by atoms with E-state index in [4.69, 9.17) is 0 Å². The van der Waals surface area contributed by atoms with E-state index < -0.39 is 6.04 Å². The average Bonchev–Trinajstić information content (AvgIpc) is 3.15. The molecule has 3 amide bonds. The van der Waals surface area contributed by atoms with Crippen LogP contribution >= 0.6 is 0 Å². The fourth-order valence-electron chi connectivity index (χ4n) is 5.78. The van der Waals surface area contributed by atoms with E-state index in [0.717, 1.165) is 42.9 Å². The number of rotatable bonds is 5. The van der Waals surface area contributed by atoms with Crippen molar-refractivity contribution in [3.05, 3.63) is 34.9 Å². The van der Waals surface area contributed by atoms with Crippen LogP contribution in [0.25, 0.3) is 0 Å². The van der Waals surface area contributed by atoms with Crippen molar-refractivity contribution in [1.82, 2.24) is 25.8 Å². The minimum Gasteiger partial charge on any atom is -0.322 e. The summed E-state index contributed by atoms with van der Waals surface area (Å²) < 4.78 is 0. The van der Waals surface area contributed by atoms with Crippen molar-refractivity contribution >= 4 is 17.7 Å². The summed E-state index contributed by atoms with van der Waals surface area (Å²) in [6.45, 7) is 5.61. The molecule has 0 spiro atoms. The zero-order valence-electron chi connectivity index (χ0n) is 18.6. The predicted octanol–water partition coefficient (Wildman–Crippen LogP) is 0.754. The third-order valence-electron chi connectivity index (χ3n) is 7.58. The predicted molar refractivity (Wildman–Crippen MR) is 120 cm³/mol. The first-order valence-electron chi connectivity index (χ1n) is 12.0. The summed E-state index contributed by atoms with van der Waals surface area (Å²) in [5.41, 5.74) is 2.71. The standard InChI is InChI=1S/C24H33N5O3/c30-21-9-8-20(23(31)27-21)29-15-17-3-1-2-16(22(17)24(29)32)14-26-18-4-6-19(7-5-18)28-12-10-25-11-13-28/h1-3,18-20,25-26H,4-15H2,(H,27,30,31). The lowest BCUT2D eigenvalue weighted by molar-refractivity contribution is -0.136. The number of fused-ring (bicyclic) bond motifs is 1. The van der Waals surface area contributed by atoms with E-state index in [1.54, 1.807) is 4.90 Å². The van der Waals surface area contributed by atoms with Crippen molar-refractivity contribution in [2.45, 2.75) is 69.7 Å². The van der Waals surface area contributed by atoms with Gasteiger partial charge in [-0.3, -0.25) is 24.6 Å². The molecule has 8 heteroatoms. The SMILES string of the molecule is O=C1CCC(N2Cc3cccc(CNC4CCC(N5CCNCC5)CC4)c3C2=O)C(=O)N1. The van der Waals surface area contributed by atoms with Crippen LogP contribution in [0, 0.1) is 0 Å². The Labute approximate surface area is 189 Å². The highest BCUT2D eigenvalue weighted by Crippen LogP contribution is 2.30. The molecular formula is C24H33N5O3. The fourth-order valence-corrected chi connectivity index (χ4v) is 5.78. The third kappa shape index (κ3) is 4.31. The number of piperidine rings is 1. The molecule has 4 aliphatic rings. The van der Waals surface area contributed by atoms with Crippen LogP contribution in [0.1, 0.15) is 60.0 Å². The van der Waals surface area contributed by atoms with Crippen LogP contribution in [-0.4, -0.2) is 71.8 Å². The molecule has 1 aromatic rings. The van der Waals surface area contributed by atoms with Gasteiger partial charge in [0.15, 0.2) is 0 Å². The van der Waals surface area contributed by atoms with Crippen molar-refractivity contribution in [3.63, 3.8) is 0 Å². The Kier molecular flexibility index (Phi) is 6.26. The van der Waals surface area contributed by atoms with Crippen LogP contribution in [0.15, 0.2) is 18.2 Å². The lowest BCUT2D eigenvalue weighted by atomic mass is 9.89. The Morgan fingerprint density at radius 3 is 2.53 bits per heavy atom. The molecule has 1 unspecified atom stereocenters. The molecule has 1 saturated carbocycles. The van der Waals surface area contributed by atoms with E-state index in [1.807, 2.05) is 18.2 Å².